The quantitative estimate of drug-likeness (QED) is 0.428. The summed E-state index contributed by atoms with van der Waals surface area (Å²) in [6, 6.07) is 9.23. The standard InChI is InChI=1S/C18H14F2N6O3/c1-10-2-4-11(5-3-10)18(27)25-24-17-15(26(28)29)16(21-9-22-17)23-14-8-12(19)6-7-13(14)20/h2-9H,1H3,(H,25,27)(H2,21,22,23,24). The molecule has 29 heavy (non-hydrogen) atoms. The zero-order valence-electron chi connectivity index (χ0n) is 14.9. The second-order valence-electron chi connectivity index (χ2n) is 5.87. The molecule has 0 saturated heterocycles. The Balaban J connectivity index is 1.85. The molecule has 3 N–H and O–H groups in total. The SMILES string of the molecule is Cc1ccc(C(=O)NNc2ncnc(Nc3cc(F)ccc3F)c2[N+](=O)[O-])cc1. The van der Waals surface area contributed by atoms with Crippen LogP contribution in [0.4, 0.5) is 31.8 Å². The summed E-state index contributed by atoms with van der Waals surface area (Å²) in [6.45, 7) is 1.86. The molecule has 0 unspecified atom stereocenters. The number of amides is 1. The molecule has 0 saturated carbocycles. The van der Waals surface area contributed by atoms with E-state index in [1.54, 1.807) is 24.3 Å². The fourth-order valence-corrected chi connectivity index (χ4v) is 2.35. The van der Waals surface area contributed by atoms with Crippen LogP contribution in [0.5, 0.6) is 0 Å². The van der Waals surface area contributed by atoms with Gasteiger partial charge in [-0.2, -0.15) is 0 Å². The maximum Gasteiger partial charge on any atom is 0.355 e. The summed E-state index contributed by atoms with van der Waals surface area (Å²) < 4.78 is 27.2. The van der Waals surface area contributed by atoms with Crippen molar-refractivity contribution in [2.45, 2.75) is 6.92 Å². The van der Waals surface area contributed by atoms with Crippen LogP contribution < -0.4 is 16.2 Å². The fraction of sp³-hybridized carbons (Fsp3) is 0.0556. The average molecular weight is 400 g/mol. The van der Waals surface area contributed by atoms with E-state index in [4.69, 9.17) is 0 Å². The lowest BCUT2D eigenvalue weighted by Gasteiger charge is -2.11. The van der Waals surface area contributed by atoms with E-state index < -0.39 is 28.2 Å². The van der Waals surface area contributed by atoms with Crippen LogP contribution in [0.1, 0.15) is 15.9 Å². The molecule has 0 atom stereocenters. The van der Waals surface area contributed by atoms with Crippen molar-refractivity contribution >= 4 is 28.9 Å². The Morgan fingerprint density at radius 1 is 1.07 bits per heavy atom. The normalized spacial score (nSPS) is 10.3. The van der Waals surface area contributed by atoms with Gasteiger partial charge < -0.3 is 5.32 Å². The minimum Gasteiger partial charge on any atom is -0.332 e. The summed E-state index contributed by atoms with van der Waals surface area (Å²) in [7, 11) is 0. The molecule has 1 heterocycles. The van der Waals surface area contributed by atoms with Crippen LogP contribution in [-0.2, 0) is 0 Å². The number of rotatable bonds is 6. The Labute approximate surface area is 162 Å². The average Bonchev–Trinajstić information content (AvgIpc) is 2.69. The number of aryl methyl sites for hydroxylation is 1. The van der Waals surface area contributed by atoms with Crippen molar-refractivity contribution in [3.63, 3.8) is 0 Å². The first-order chi connectivity index (χ1) is 13.8. The first-order valence-corrected chi connectivity index (χ1v) is 8.19. The summed E-state index contributed by atoms with van der Waals surface area (Å²) in [5.74, 6) is -2.86. The monoisotopic (exact) mass is 400 g/mol. The first-order valence-electron chi connectivity index (χ1n) is 8.19. The highest BCUT2D eigenvalue weighted by molar-refractivity contribution is 5.95. The van der Waals surface area contributed by atoms with Crippen LogP contribution in [0.25, 0.3) is 0 Å². The highest BCUT2D eigenvalue weighted by Crippen LogP contribution is 2.31. The fourth-order valence-electron chi connectivity index (χ4n) is 2.35. The molecule has 148 valence electrons. The highest BCUT2D eigenvalue weighted by atomic mass is 19.1. The molecule has 0 aliphatic heterocycles. The van der Waals surface area contributed by atoms with Gasteiger partial charge in [-0.1, -0.05) is 17.7 Å². The second-order valence-corrected chi connectivity index (χ2v) is 5.87. The van der Waals surface area contributed by atoms with Crippen LogP contribution in [0, 0.1) is 28.7 Å². The molecule has 9 nitrogen and oxygen atoms in total. The van der Waals surface area contributed by atoms with Crippen molar-refractivity contribution in [1.82, 2.24) is 15.4 Å². The topological polar surface area (TPSA) is 122 Å². The van der Waals surface area contributed by atoms with Gasteiger partial charge in [0.25, 0.3) is 5.91 Å². The molecule has 3 aromatic rings. The molecule has 1 aromatic heterocycles. The van der Waals surface area contributed by atoms with E-state index in [1.807, 2.05) is 6.92 Å². The number of hydrogen-bond donors (Lipinski definition) is 3. The summed E-state index contributed by atoms with van der Waals surface area (Å²) in [4.78, 5) is 30.3. The maximum absolute atomic E-state index is 13.8. The van der Waals surface area contributed by atoms with Crippen molar-refractivity contribution in [3.05, 3.63) is 81.7 Å². The molecular weight excluding hydrogens is 386 g/mol. The second kappa shape index (κ2) is 8.25. The zero-order chi connectivity index (χ0) is 21.0. The van der Waals surface area contributed by atoms with Gasteiger partial charge in [-0.25, -0.2) is 18.7 Å². The molecule has 0 bridgehead atoms. The van der Waals surface area contributed by atoms with Gasteiger partial charge in [0.1, 0.15) is 18.0 Å². The molecule has 0 fully saturated rings. The Hall–Kier alpha value is -4.15. The number of anilines is 3. The number of aromatic nitrogens is 2. The lowest BCUT2D eigenvalue weighted by Crippen LogP contribution is -2.30. The smallest absolute Gasteiger partial charge is 0.332 e. The van der Waals surface area contributed by atoms with E-state index in [0.717, 1.165) is 30.1 Å². The van der Waals surface area contributed by atoms with Gasteiger partial charge >= 0.3 is 5.69 Å². The number of hydrazine groups is 1. The third-order valence-electron chi connectivity index (χ3n) is 3.79. The van der Waals surface area contributed by atoms with E-state index >= 15 is 0 Å². The largest absolute Gasteiger partial charge is 0.355 e. The highest BCUT2D eigenvalue weighted by Gasteiger charge is 2.24. The van der Waals surface area contributed by atoms with Gasteiger partial charge in [0.2, 0.25) is 11.6 Å². The number of nitrogens with one attached hydrogen (secondary N) is 3. The molecular formula is C18H14F2N6O3. The minimum atomic E-state index is -0.832. The Morgan fingerprint density at radius 3 is 2.45 bits per heavy atom. The van der Waals surface area contributed by atoms with E-state index in [2.05, 4.69) is 26.1 Å². The van der Waals surface area contributed by atoms with Gasteiger partial charge in [0.15, 0.2) is 0 Å². The van der Waals surface area contributed by atoms with E-state index in [9.17, 15) is 23.7 Å². The lowest BCUT2D eigenvalue weighted by atomic mass is 10.1. The Morgan fingerprint density at radius 2 is 1.76 bits per heavy atom. The number of carbonyl (C=O) groups excluding carboxylic acids is 1. The molecule has 2 aromatic carbocycles. The summed E-state index contributed by atoms with van der Waals surface area (Å²) >= 11 is 0. The van der Waals surface area contributed by atoms with E-state index in [0.29, 0.717) is 5.56 Å². The molecule has 0 aliphatic rings. The van der Waals surface area contributed by atoms with Crippen LogP contribution in [0.15, 0.2) is 48.8 Å². The molecule has 0 spiro atoms. The predicted molar refractivity (Wildman–Crippen MR) is 101 cm³/mol. The number of halogens is 2. The third kappa shape index (κ3) is 4.58. The van der Waals surface area contributed by atoms with Crippen molar-refractivity contribution in [1.29, 1.82) is 0 Å². The van der Waals surface area contributed by atoms with Crippen LogP contribution in [0.3, 0.4) is 0 Å². The van der Waals surface area contributed by atoms with Crippen LogP contribution in [0.2, 0.25) is 0 Å². The van der Waals surface area contributed by atoms with Crippen molar-refractivity contribution in [2.24, 2.45) is 0 Å². The number of benzene rings is 2. The summed E-state index contributed by atoms with van der Waals surface area (Å²) in [5, 5.41) is 13.9. The molecule has 1 amide bonds. The van der Waals surface area contributed by atoms with Gasteiger partial charge in [-0.05, 0) is 31.2 Å². The van der Waals surface area contributed by atoms with Crippen LogP contribution in [-0.4, -0.2) is 20.8 Å². The minimum absolute atomic E-state index is 0.319. The van der Waals surface area contributed by atoms with Crippen molar-refractivity contribution < 1.29 is 18.5 Å². The number of hydrogen-bond acceptors (Lipinski definition) is 7. The Bertz CT molecular complexity index is 1080. The summed E-state index contributed by atoms with van der Waals surface area (Å²) in [6.07, 6.45) is 0.965. The molecule has 0 radical (unpaired) electrons. The lowest BCUT2D eigenvalue weighted by molar-refractivity contribution is -0.383. The van der Waals surface area contributed by atoms with E-state index in [-0.39, 0.29) is 17.3 Å². The van der Waals surface area contributed by atoms with Gasteiger partial charge in [0, 0.05) is 11.6 Å². The van der Waals surface area contributed by atoms with Gasteiger partial charge in [-0.3, -0.25) is 25.8 Å². The van der Waals surface area contributed by atoms with Gasteiger partial charge in [0.05, 0.1) is 10.6 Å². The van der Waals surface area contributed by atoms with Crippen molar-refractivity contribution in [3.8, 4) is 0 Å². The first kappa shape index (κ1) is 19.6. The number of nitro groups is 1. The third-order valence-corrected chi connectivity index (χ3v) is 3.79. The molecule has 3 rings (SSSR count). The predicted octanol–water partition coefficient (Wildman–Crippen LogP) is 3.47. The Kier molecular flexibility index (Phi) is 5.58. The molecule has 11 heteroatoms. The summed E-state index contributed by atoms with van der Waals surface area (Å²) in [5.41, 5.74) is 4.92. The van der Waals surface area contributed by atoms with E-state index in [1.165, 1.54) is 0 Å². The maximum atomic E-state index is 13.8. The van der Waals surface area contributed by atoms with Gasteiger partial charge in [-0.15, -0.1) is 0 Å². The molecule has 0 aliphatic carbocycles. The number of nitrogens with zero attached hydrogens (tertiary/aromatic N) is 3. The van der Waals surface area contributed by atoms with Crippen LogP contribution >= 0.6 is 0 Å². The number of carbonyl (C=O) groups is 1. The zero-order valence-corrected chi connectivity index (χ0v) is 14.9. The van der Waals surface area contributed by atoms with Crippen molar-refractivity contribution in [2.75, 3.05) is 10.7 Å².